The van der Waals surface area contributed by atoms with Crippen molar-refractivity contribution in [1.82, 2.24) is 0 Å². The van der Waals surface area contributed by atoms with Crippen LogP contribution in [0, 0.1) is 29.8 Å². The smallest absolute Gasteiger partial charge is 0.265 e. The molecule has 0 N–H and O–H groups in total. The zero-order valence-corrected chi connectivity index (χ0v) is 15.1. The number of anilines is 1. The van der Waals surface area contributed by atoms with Crippen molar-refractivity contribution in [3.63, 3.8) is 0 Å². The van der Waals surface area contributed by atoms with Crippen LogP contribution in [0.15, 0.2) is 18.2 Å². The highest BCUT2D eigenvalue weighted by molar-refractivity contribution is 7.28. The molecule has 1 amide bonds. The molecule has 8 heteroatoms. The lowest BCUT2D eigenvalue weighted by Crippen LogP contribution is -2.39. The van der Waals surface area contributed by atoms with E-state index in [2.05, 4.69) is 15.2 Å². The van der Waals surface area contributed by atoms with Crippen molar-refractivity contribution >= 4 is 40.7 Å². The Bertz CT molecular complexity index is 941. The third kappa shape index (κ3) is 2.99. The van der Waals surface area contributed by atoms with E-state index in [9.17, 15) is 18.0 Å². The molecule has 0 aliphatic carbocycles. The van der Waals surface area contributed by atoms with Crippen LogP contribution in [0.25, 0.3) is 11.1 Å². The van der Waals surface area contributed by atoms with E-state index < -0.39 is 23.0 Å². The highest BCUT2D eigenvalue weighted by Crippen LogP contribution is 2.37. The summed E-state index contributed by atoms with van der Waals surface area (Å²) in [6, 6.07) is 3.77. The highest BCUT2D eigenvalue weighted by atomic mass is 31.0. The maximum Gasteiger partial charge on any atom is 0.265 e. The second kappa shape index (κ2) is 6.67. The number of halogens is 3. The van der Waals surface area contributed by atoms with Gasteiger partial charge in [0.2, 0.25) is 0 Å². The zero-order valence-electron chi connectivity index (χ0n) is 12.8. The molecule has 2 aromatic rings. The van der Waals surface area contributed by atoms with Gasteiger partial charge in [-0.3, -0.25) is 9.69 Å². The van der Waals surface area contributed by atoms with Crippen LogP contribution in [-0.2, 0) is 4.79 Å². The topological polar surface area (TPSA) is 29.5 Å². The van der Waals surface area contributed by atoms with Gasteiger partial charge in [0.15, 0.2) is 18.2 Å². The van der Waals surface area contributed by atoms with Crippen LogP contribution in [0.3, 0.4) is 0 Å². The fourth-order valence-electron chi connectivity index (χ4n) is 2.60. The maximum atomic E-state index is 14.4. The largest absolute Gasteiger partial charge is 0.482 e. The predicted molar refractivity (Wildman–Crippen MR) is 97.1 cm³/mol. The van der Waals surface area contributed by atoms with Gasteiger partial charge in [0, 0.05) is 5.30 Å². The average molecular weight is 381 g/mol. The van der Waals surface area contributed by atoms with Crippen molar-refractivity contribution in [1.29, 1.82) is 0 Å². The number of benzene rings is 2. The minimum Gasteiger partial charge on any atom is -0.482 e. The first kappa shape index (κ1) is 17.7. The van der Waals surface area contributed by atoms with E-state index in [1.54, 1.807) is 0 Å². The van der Waals surface area contributed by atoms with Gasteiger partial charge in [-0.2, -0.15) is 0 Å². The SMILES string of the molecule is C#CCN1C(=O)COc2cc(P)c(-c3c(F)cc(P)c(F)c3F)cc21. The fraction of sp³-hybridized carbons (Fsp3) is 0.118. The molecule has 0 fully saturated rings. The standard InChI is InChI=1S/C17H12F3NO2P2/c1-2-3-21-10-4-8(12(24)6-11(10)23-7-14(21)22)15-9(18)5-13(25)16(19)17(15)20/h1,4-6H,3,7,24-25H2. The van der Waals surface area contributed by atoms with Gasteiger partial charge in [-0.1, -0.05) is 5.92 Å². The number of hydrogen-bond donors (Lipinski definition) is 0. The number of carbonyl (C=O) groups is 1. The molecule has 0 bridgehead atoms. The van der Waals surface area contributed by atoms with Crippen LogP contribution in [0.5, 0.6) is 5.75 Å². The fourth-order valence-corrected chi connectivity index (χ4v) is 3.26. The van der Waals surface area contributed by atoms with Gasteiger partial charge in [0.25, 0.3) is 5.91 Å². The van der Waals surface area contributed by atoms with E-state index >= 15 is 0 Å². The minimum absolute atomic E-state index is 0.0191. The summed E-state index contributed by atoms with van der Waals surface area (Å²) in [5.41, 5.74) is -0.150. The number of fused-ring (bicyclic) bond motifs is 1. The van der Waals surface area contributed by atoms with Crippen molar-refractivity contribution in [3.8, 4) is 29.2 Å². The Morgan fingerprint density at radius 1 is 1.16 bits per heavy atom. The summed E-state index contributed by atoms with van der Waals surface area (Å²) < 4.78 is 48.0. The Balaban J connectivity index is 2.25. The van der Waals surface area contributed by atoms with Gasteiger partial charge in [-0.25, -0.2) is 13.2 Å². The summed E-state index contributed by atoms with van der Waals surface area (Å²) in [5.74, 6) is -1.04. The van der Waals surface area contributed by atoms with Gasteiger partial charge in [-0.05, 0) is 29.1 Å². The second-order valence-corrected chi connectivity index (χ2v) is 6.57. The minimum atomic E-state index is -1.31. The first-order chi connectivity index (χ1) is 11.8. The maximum absolute atomic E-state index is 14.4. The summed E-state index contributed by atoms with van der Waals surface area (Å²) in [7, 11) is 4.27. The Morgan fingerprint density at radius 2 is 1.88 bits per heavy atom. The average Bonchev–Trinajstić information content (AvgIpc) is 2.56. The Morgan fingerprint density at radius 3 is 2.56 bits per heavy atom. The number of carbonyl (C=O) groups excluding carboxylic acids is 1. The van der Waals surface area contributed by atoms with Crippen LogP contribution in [-0.4, -0.2) is 19.1 Å². The zero-order chi connectivity index (χ0) is 18.3. The van der Waals surface area contributed by atoms with Crippen molar-refractivity contribution in [2.45, 2.75) is 0 Å². The molecule has 1 aliphatic heterocycles. The molecule has 1 heterocycles. The summed E-state index contributed by atoms with van der Waals surface area (Å²) in [5, 5.41) is 0.178. The molecule has 3 nitrogen and oxygen atoms in total. The summed E-state index contributed by atoms with van der Waals surface area (Å²) in [4.78, 5) is 13.3. The van der Waals surface area contributed by atoms with Crippen LogP contribution in [0.4, 0.5) is 18.9 Å². The Hall–Kier alpha value is -2.08. The van der Waals surface area contributed by atoms with Crippen LogP contribution < -0.4 is 20.2 Å². The van der Waals surface area contributed by atoms with Crippen molar-refractivity contribution < 1.29 is 22.7 Å². The molecular formula is C17H12F3NO2P2. The first-order valence-corrected chi connectivity index (χ1v) is 8.24. The Labute approximate surface area is 146 Å². The van der Waals surface area contributed by atoms with E-state index in [1.807, 2.05) is 9.24 Å². The van der Waals surface area contributed by atoms with Crippen LogP contribution in [0.2, 0.25) is 0 Å². The van der Waals surface area contributed by atoms with Crippen molar-refractivity contribution in [2.24, 2.45) is 0 Å². The molecule has 2 unspecified atom stereocenters. The molecule has 0 saturated carbocycles. The van der Waals surface area contributed by atoms with Gasteiger partial charge in [0.05, 0.1) is 17.8 Å². The molecule has 0 aromatic heterocycles. The summed E-state index contributed by atoms with van der Waals surface area (Å²) >= 11 is 0. The van der Waals surface area contributed by atoms with Gasteiger partial charge < -0.3 is 4.74 Å². The van der Waals surface area contributed by atoms with Gasteiger partial charge in [-0.15, -0.1) is 24.9 Å². The molecule has 25 heavy (non-hydrogen) atoms. The molecule has 128 valence electrons. The first-order valence-electron chi connectivity index (χ1n) is 7.08. The van der Waals surface area contributed by atoms with Crippen LogP contribution >= 0.6 is 18.5 Å². The van der Waals surface area contributed by atoms with Crippen LogP contribution in [0.1, 0.15) is 0 Å². The molecule has 1 aliphatic rings. The number of rotatable bonds is 2. The van der Waals surface area contributed by atoms with Crippen molar-refractivity contribution in [2.75, 3.05) is 18.1 Å². The third-order valence-corrected chi connectivity index (χ3v) is 4.68. The molecule has 0 spiro atoms. The van der Waals surface area contributed by atoms with Crippen molar-refractivity contribution in [3.05, 3.63) is 35.7 Å². The summed E-state index contributed by atoms with van der Waals surface area (Å²) in [6.45, 7) is -0.202. The van der Waals surface area contributed by atoms with E-state index in [4.69, 9.17) is 11.2 Å². The van der Waals surface area contributed by atoms with E-state index in [0.29, 0.717) is 11.1 Å². The summed E-state index contributed by atoms with van der Waals surface area (Å²) in [6.07, 6.45) is 5.28. The lowest BCUT2D eigenvalue weighted by molar-refractivity contribution is -0.121. The third-order valence-electron chi connectivity index (χ3n) is 3.78. The molecule has 2 atom stereocenters. The molecule has 2 aromatic carbocycles. The van der Waals surface area contributed by atoms with Gasteiger partial charge >= 0.3 is 0 Å². The van der Waals surface area contributed by atoms with E-state index in [1.165, 1.54) is 17.0 Å². The normalized spacial score (nSPS) is 13.3. The number of ether oxygens (including phenoxy) is 1. The number of hydrogen-bond acceptors (Lipinski definition) is 2. The number of terminal acetylenes is 1. The Kier molecular flexibility index (Phi) is 4.73. The second-order valence-electron chi connectivity index (χ2n) is 5.33. The lowest BCUT2D eigenvalue weighted by Gasteiger charge is -2.29. The number of amides is 1. The lowest BCUT2D eigenvalue weighted by atomic mass is 10.0. The number of nitrogens with zero attached hydrogens (tertiary/aromatic N) is 1. The molecule has 3 rings (SSSR count). The molecule has 0 saturated heterocycles. The molecule has 0 radical (unpaired) electrons. The van der Waals surface area contributed by atoms with E-state index in [-0.39, 0.29) is 35.6 Å². The van der Waals surface area contributed by atoms with E-state index in [0.717, 1.165) is 6.07 Å². The predicted octanol–water partition coefficient (Wildman–Crippen LogP) is 2.13. The molecular weight excluding hydrogens is 369 g/mol. The highest BCUT2D eigenvalue weighted by Gasteiger charge is 2.28. The monoisotopic (exact) mass is 381 g/mol. The van der Waals surface area contributed by atoms with Gasteiger partial charge in [0.1, 0.15) is 11.6 Å². The quantitative estimate of drug-likeness (QED) is 0.453.